The highest BCUT2D eigenvalue weighted by Crippen LogP contribution is 2.26. The summed E-state index contributed by atoms with van der Waals surface area (Å²) in [7, 11) is 0. The maximum atomic E-state index is 12.1. The summed E-state index contributed by atoms with van der Waals surface area (Å²) >= 11 is 0. The van der Waals surface area contributed by atoms with Gasteiger partial charge in [-0.05, 0) is 31.4 Å². The van der Waals surface area contributed by atoms with Crippen molar-refractivity contribution in [1.82, 2.24) is 9.97 Å². The van der Waals surface area contributed by atoms with Crippen LogP contribution >= 0.6 is 0 Å². The molecule has 0 saturated carbocycles. The van der Waals surface area contributed by atoms with Gasteiger partial charge in [-0.25, -0.2) is 14.8 Å². The third kappa shape index (κ3) is 3.36. The highest BCUT2D eigenvalue weighted by Gasteiger charge is 2.26. The maximum absolute atomic E-state index is 12.1. The number of aryl methyl sites for hydroxylation is 1. The van der Waals surface area contributed by atoms with Crippen LogP contribution in [0.1, 0.15) is 35.1 Å². The lowest BCUT2D eigenvalue weighted by Gasteiger charge is -2.21. The number of carbonyl (C=O) groups excluding carboxylic acids is 2. The molecule has 1 heterocycles. The number of Topliss-reactive ketones (excluding diaryl/α,β-unsaturated/α-hetero) is 1. The Kier molecular flexibility index (Phi) is 4.06. The first kappa shape index (κ1) is 15.1. The van der Waals surface area contributed by atoms with Crippen LogP contribution < -0.4 is 10.6 Å². The number of hydrogen-bond donors (Lipinski definition) is 2. The summed E-state index contributed by atoms with van der Waals surface area (Å²) in [6.45, 7) is 3.79. The highest BCUT2D eigenvalue weighted by atomic mass is 16.2. The minimum Gasteiger partial charge on any atom is -0.308 e. The smallest absolute Gasteiger partial charge is 0.308 e. The molecule has 1 aliphatic rings. The van der Waals surface area contributed by atoms with Gasteiger partial charge in [0.2, 0.25) is 5.95 Å². The summed E-state index contributed by atoms with van der Waals surface area (Å²) in [5, 5.41) is 5.34. The summed E-state index contributed by atoms with van der Waals surface area (Å²) < 4.78 is 0. The Bertz CT molecular complexity index is 759. The molecule has 0 bridgehead atoms. The lowest BCUT2D eigenvalue weighted by molar-refractivity contribution is 0.0951. The summed E-state index contributed by atoms with van der Waals surface area (Å²) in [5.41, 5.74) is 2.62. The molecular weight excluding hydrogens is 292 g/mol. The molecule has 0 spiro atoms. The lowest BCUT2D eigenvalue weighted by atomic mass is 9.86. The zero-order chi connectivity index (χ0) is 16.4. The molecule has 118 valence electrons. The largest absolute Gasteiger partial charge is 0.326 e. The first-order chi connectivity index (χ1) is 11.0. The van der Waals surface area contributed by atoms with Gasteiger partial charge < -0.3 is 5.32 Å². The van der Waals surface area contributed by atoms with Crippen molar-refractivity contribution in [3.63, 3.8) is 0 Å². The number of benzene rings is 1. The Hall–Kier alpha value is -2.76. The van der Waals surface area contributed by atoms with Gasteiger partial charge in [-0.2, -0.15) is 0 Å². The second-order valence-corrected chi connectivity index (χ2v) is 5.84. The van der Waals surface area contributed by atoms with Gasteiger partial charge in [0.15, 0.2) is 5.78 Å². The number of urea groups is 1. The minimum absolute atomic E-state index is 0.0801. The van der Waals surface area contributed by atoms with Crippen molar-refractivity contribution in [3.05, 3.63) is 47.3 Å². The third-order valence-corrected chi connectivity index (χ3v) is 3.78. The van der Waals surface area contributed by atoms with Crippen LogP contribution in [0.4, 0.5) is 16.4 Å². The second-order valence-electron chi connectivity index (χ2n) is 5.84. The molecule has 1 unspecified atom stereocenters. The number of carbonyl (C=O) groups is 2. The van der Waals surface area contributed by atoms with E-state index >= 15 is 0 Å². The van der Waals surface area contributed by atoms with Crippen molar-refractivity contribution in [2.75, 3.05) is 10.6 Å². The molecule has 23 heavy (non-hydrogen) atoms. The number of para-hydroxylation sites is 1. The van der Waals surface area contributed by atoms with E-state index in [9.17, 15) is 9.59 Å². The Morgan fingerprint density at radius 2 is 1.87 bits per heavy atom. The fourth-order valence-corrected chi connectivity index (χ4v) is 2.80. The minimum atomic E-state index is -0.411. The number of aromatic nitrogens is 2. The van der Waals surface area contributed by atoms with Gasteiger partial charge >= 0.3 is 6.03 Å². The number of amides is 2. The average molecular weight is 310 g/mol. The van der Waals surface area contributed by atoms with Gasteiger partial charge in [0.25, 0.3) is 0 Å². The Morgan fingerprint density at radius 3 is 2.61 bits per heavy atom. The molecule has 0 radical (unpaired) electrons. The van der Waals surface area contributed by atoms with Crippen molar-refractivity contribution >= 4 is 23.5 Å². The molecule has 1 aromatic carbocycles. The molecule has 2 N–H and O–H groups in total. The molecule has 2 amide bonds. The summed E-state index contributed by atoms with van der Waals surface area (Å²) in [5.74, 6) is 0.559. The Labute approximate surface area is 134 Å². The van der Waals surface area contributed by atoms with Gasteiger partial charge in [-0.1, -0.05) is 25.1 Å². The van der Waals surface area contributed by atoms with Crippen LogP contribution in [0.2, 0.25) is 0 Å². The van der Waals surface area contributed by atoms with Crippen LogP contribution in [-0.4, -0.2) is 21.8 Å². The van der Waals surface area contributed by atoms with E-state index in [4.69, 9.17) is 0 Å². The van der Waals surface area contributed by atoms with E-state index in [-0.39, 0.29) is 17.6 Å². The van der Waals surface area contributed by atoms with Gasteiger partial charge in [0.1, 0.15) is 0 Å². The molecule has 6 heteroatoms. The summed E-state index contributed by atoms with van der Waals surface area (Å²) in [4.78, 5) is 32.7. The molecular formula is C17H18N4O2. The molecule has 2 aromatic rings. The monoisotopic (exact) mass is 310 g/mol. The van der Waals surface area contributed by atoms with E-state index in [1.54, 1.807) is 19.1 Å². The van der Waals surface area contributed by atoms with Gasteiger partial charge in [0.05, 0.1) is 17.0 Å². The molecule has 0 fully saturated rings. The first-order valence-corrected chi connectivity index (χ1v) is 7.56. The zero-order valence-corrected chi connectivity index (χ0v) is 13.1. The molecule has 0 aliphatic heterocycles. The number of rotatable bonds is 2. The van der Waals surface area contributed by atoms with Crippen LogP contribution in [-0.2, 0) is 6.42 Å². The highest BCUT2D eigenvalue weighted by molar-refractivity contribution is 6.00. The van der Waals surface area contributed by atoms with Gasteiger partial charge in [-0.15, -0.1) is 0 Å². The Balaban J connectivity index is 1.79. The van der Waals surface area contributed by atoms with Gasteiger partial charge in [-0.3, -0.25) is 10.1 Å². The van der Waals surface area contributed by atoms with E-state index in [0.717, 1.165) is 12.1 Å². The molecule has 1 aromatic heterocycles. The molecule has 1 atom stereocenters. The first-order valence-electron chi connectivity index (χ1n) is 7.56. The topological polar surface area (TPSA) is 84.0 Å². The second kappa shape index (κ2) is 6.16. The number of nitrogens with one attached hydrogen (secondary N) is 2. The van der Waals surface area contributed by atoms with Crippen molar-refractivity contribution in [2.24, 2.45) is 5.92 Å². The normalized spacial score (nSPS) is 16.6. The number of anilines is 2. The van der Waals surface area contributed by atoms with E-state index < -0.39 is 6.03 Å². The average Bonchev–Trinajstić information content (AvgIpc) is 2.46. The van der Waals surface area contributed by atoms with Crippen molar-refractivity contribution in [2.45, 2.75) is 26.7 Å². The summed E-state index contributed by atoms with van der Waals surface area (Å²) in [6.07, 6.45) is 1.25. The predicted molar refractivity (Wildman–Crippen MR) is 87.7 cm³/mol. The van der Waals surface area contributed by atoms with Crippen molar-refractivity contribution in [3.8, 4) is 0 Å². The molecule has 3 rings (SSSR count). The van der Waals surface area contributed by atoms with Crippen LogP contribution in [0.5, 0.6) is 0 Å². The van der Waals surface area contributed by atoms with Gasteiger partial charge in [0, 0.05) is 12.1 Å². The number of fused-ring (bicyclic) bond motifs is 1. The zero-order valence-electron chi connectivity index (χ0n) is 13.1. The fraction of sp³-hybridized carbons (Fsp3) is 0.294. The summed E-state index contributed by atoms with van der Waals surface area (Å²) in [6, 6.07) is 8.71. The van der Waals surface area contributed by atoms with E-state index in [0.29, 0.717) is 23.4 Å². The van der Waals surface area contributed by atoms with Crippen LogP contribution in [0.15, 0.2) is 30.3 Å². The van der Waals surface area contributed by atoms with Crippen molar-refractivity contribution < 1.29 is 9.59 Å². The quantitative estimate of drug-likeness (QED) is 0.892. The Morgan fingerprint density at radius 1 is 1.13 bits per heavy atom. The van der Waals surface area contributed by atoms with E-state index in [1.807, 2.05) is 25.1 Å². The third-order valence-electron chi connectivity index (χ3n) is 3.78. The van der Waals surface area contributed by atoms with E-state index in [1.165, 1.54) is 0 Å². The molecule has 1 aliphatic carbocycles. The lowest BCUT2D eigenvalue weighted by Crippen LogP contribution is -2.25. The van der Waals surface area contributed by atoms with E-state index in [2.05, 4.69) is 20.6 Å². The maximum Gasteiger partial charge on any atom is 0.326 e. The predicted octanol–water partition coefficient (Wildman–Crippen LogP) is 3.19. The van der Waals surface area contributed by atoms with Crippen LogP contribution in [0.25, 0.3) is 0 Å². The molecule has 6 nitrogen and oxygen atoms in total. The number of ketones is 1. The SMILES string of the molecule is Cc1nc(NC(=O)Nc2ccccc2)nc2c1C(=O)CC(C)C2. The van der Waals surface area contributed by atoms with Crippen LogP contribution in [0, 0.1) is 12.8 Å². The van der Waals surface area contributed by atoms with Crippen molar-refractivity contribution in [1.29, 1.82) is 0 Å². The molecule has 0 saturated heterocycles. The fourth-order valence-electron chi connectivity index (χ4n) is 2.80. The number of nitrogens with zero attached hydrogens (tertiary/aromatic N) is 2. The standard InChI is InChI=1S/C17H18N4O2/c1-10-8-13-15(14(22)9-10)11(2)18-16(20-13)21-17(23)19-12-6-4-3-5-7-12/h3-7,10H,8-9H2,1-2H3,(H2,18,19,20,21,23). The number of hydrogen-bond acceptors (Lipinski definition) is 4. The van der Waals surface area contributed by atoms with Crippen LogP contribution in [0.3, 0.4) is 0 Å².